The number of carbonyl (C=O) groups is 4. The van der Waals surface area contributed by atoms with Gasteiger partial charge in [0.15, 0.2) is 6.04 Å². The van der Waals surface area contributed by atoms with E-state index >= 15 is 0 Å². The molecule has 15 heteroatoms. The van der Waals surface area contributed by atoms with E-state index in [4.69, 9.17) is 28.5 Å². The predicted octanol–water partition coefficient (Wildman–Crippen LogP) is 1.27. The number of allylic oxidation sites excluding steroid dienone is 1. The van der Waals surface area contributed by atoms with E-state index in [1.165, 1.54) is 12.0 Å². The number of fused-ring (bicyclic) bond motifs is 5. The molecule has 53 heavy (non-hydrogen) atoms. The molecule has 0 aromatic heterocycles. The molecule has 15 nitrogen and oxygen atoms in total. The molecule has 2 aliphatic carbocycles. The molecule has 4 heterocycles. The summed E-state index contributed by atoms with van der Waals surface area (Å²) in [6.07, 6.45) is 3.86. The molecule has 0 radical (unpaired) electrons. The summed E-state index contributed by atoms with van der Waals surface area (Å²) < 4.78 is 28.6. The summed E-state index contributed by atoms with van der Waals surface area (Å²) in [5.74, 6) is -2.16. The first-order chi connectivity index (χ1) is 25.3. The van der Waals surface area contributed by atoms with E-state index in [0.717, 1.165) is 30.4 Å². The number of epoxide rings is 1. The van der Waals surface area contributed by atoms with Crippen LogP contribution in [0, 0.1) is 11.3 Å². The number of nitrogens with zero attached hydrogens (tertiary/aromatic N) is 1. The standard InChI is InChI=1S/C38H51N3O12/c1-20(43)29(34(45)39-24(18-42)11-13-28(44)52-37(2,3)4)40-36(47)38-16-27-30-31(49-19-48-30)33(38)53-41(32(38)35(46)51-27)17-23-7-5-6-21(14-23)8-9-22-10-12-25-26(15-22)50-25/h5-9,14,20,22,24-27,29-33,42-43H,10-13,15-19H2,1-4H3,(H,39,45)(H,40,47)/t20-,22?,24-,25?,26?,27+,29+,30-,31-,32-,33+,38-/m0/s1. The van der Waals surface area contributed by atoms with Gasteiger partial charge in [-0.15, -0.1) is 0 Å². The summed E-state index contributed by atoms with van der Waals surface area (Å²) in [4.78, 5) is 60.8. The Balaban J connectivity index is 1.08. The van der Waals surface area contributed by atoms with Gasteiger partial charge in [0.05, 0.1) is 37.5 Å². The van der Waals surface area contributed by atoms with Crippen LogP contribution in [-0.4, -0.2) is 119 Å². The third-order valence-corrected chi connectivity index (χ3v) is 11.1. The van der Waals surface area contributed by atoms with Crippen molar-refractivity contribution < 1.29 is 57.9 Å². The quantitative estimate of drug-likeness (QED) is 0.167. The van der Waals surface area contributed by atoms with Gasteiger partial charge in [0.25, 0.3) is 0 Å². The minimum absolute atomic E-state index is 0.0416. The first-order valence-electron chi connectivity index (χ1n) is 18.7. The van der Waals surface area contributed by atoms with Crippen LogP contribution in [0.4, 0.5) is 0 Å². The van der Waals surface area contributed by atoms with E-state index in [0.29, 0.717) is 18.1 Å². The molecule has 2 bridgehead atoms. The number of esters is 2. The number of hydrogen-bond donors (Lipinski definition) is 4. The van der Waals surface area contributed by atoms with Crippen molar-refractivity contribution in [2.75, 3.05) is 13.4 Å². The number of hydrogen-bond acceptors (Lipinski definition) is 13. The van der Waals surface area contributed by atoms with Crippen molar-refractivity contribution in [1.82, 2.24) is 15.7 Å². The molecule has 4 saturated heterocycles. The number of rotatable bonds is 13. The Morgan fingerprint density at radius 2 is 1.91 bits per heavy atom. The van der Waals surface area contributed by atoms with Crippen LogP contribution in [-0.2, 0) is 54.2 Å². The van der Waals surface area contributed by atoms with Crippen molar-refractivity contribution >= 4 is 29.8 Å². The van der Waals surface area contributed by atoms with Gasteiger partial charge in [-0.1, -0.05) is 36.4 Å². The monoisotopic (exact) mass is 741 g/mol. The van der Waals surface area contributed by atoms with Crippen LogP contribution in [0.1, 0.15) is 77.3 Å². The highest BCUT2D eigenvalue weighted by Gasteiger charge is 2.75. The third kappa shape index (κ3) is 7.88. The average molecular weight is 742 g/mol. The number of aliphatic hydroxyl groups is 2. The van der Waals surface area contributed by atoms with E-state index in [-0.39, 0.29) is 32.6 Å². The number of benzene rings is 1. The number of hydroxylamine groups is 2. The molecule has 290 valence electrons. The van der Waals surface area contributed by atoms with Crippen molar-refractivity contribution in [3.05, 3.63) is 41.5 Å². The van der Waals surface area contributed by atoms with Gasteiger partial charge in [0, 0.05) is 12.8 Å². The lowest BCUT2D eigenvalue weighted by molar-refractivity contribution is -0.201. The molecule has 6 fully saturated rings. The number of nitrogens with one attached hydrogen (secondary N) is 2. The summed E-state index contributed by atoms with van der Waals surface area (Å²) in [5.41, 5.74) is -0.424. The second-order valence-electron chi connectivity index (χ2n) is 16.2. The molecule has 2 amide bonds. The molecule has 2 saturated carbocycles. The van der Waals surface area contributed by atoms with Crippen molar-refractivity contribution in [3.63, 3.8) is 0 Å². The van der Waals surface area contributed by atoms with Gasteiger partial charge in [-0.25, -0.2) is 0 Å². The topological polar surface area (TPSA) is 195 Å². The van der Waals surface area contributed by atoms with Crippen LogP contribution in [0.3, 0.4) is 0 Å². The zero-order valence-electron chi connectivity index (χ0n) is 30.6. The number of amides is 2. The zero-order chi connectivity index (χ0) is 37.7. The number of carbonyl (C=O) groups excluding carboxylic acids is 4. The maximum absolute atomic E-state index is 14.6. The molecule has 3 unspecified atom stereocenters. The van der Waals surface area contributed by atoms with Gasteiger partial charge in [0.2, 0.25) is 11.8 Å². The van der Waals surface area contributed by atoms with Crippen LogP contribution in [0.2, 0.25) is 0 Å². The van der Waals surface area contributed by atoms with Gasteiger partial charge in [0.1, 0.15) is 48.3 Å². The van der Waals surface area contributed by atoms with Crippen molar-refractivity contribution in [1.29, 1.82) is 0 Å². The zero-order valence-corrected chi connectivity index (χ0v) is 30.6. The minimum atomic E-state index is -1.56. The normalized spacial score (nSPS) is 34.7. The highest BCUT2D eigenvalue weighted by molar-refractivity contribution is 5.96. The predicted molar refractivity (Wildman–Crippen MR) is 185 cm³/mol. The van der Waals surface area contributed by atoms with Crippen LogP contribution in [0.25, 0.3) is 6.08 Å². The second-order valence-corrected chi connectivity index (χ2v) is 16.2. The maximum atomic E-state index is 14.6. The molecule has 6 aliphatic rings. The largest absolute Gasteiger partial charge is 0.460 e. The van der Waals surface area contributed by atoms with Crippen LogP contribution >= 0.6 is 0 Å². The summed E-state index contributed by atoms with van der Waals surface area (Å²) in [5, 5.41) is 27.5. The van der Waals surface area contributed by atoms with E-state index < -0.39 is 90.0 Å². The van der Waals surface area contributed by atoms with Crippen LogP contribution < -0.4 is 10.6 Å². The summed E-state index contributed by atoms with van der Waals surface area (Å²) in [6.45, 7) is 6.14. The lowest BCUT2D eigenvalue weighted by atomic mass is 9.62. The van der Waals surface area contributed by atoms with E-state index in [9.17, 15) is 29.4 Å². The SMILES string of the molecule is C[C@H](O)[C@@H](NC(=O)[C@@]12C[C@H]3OC(=O)[C@@H]1N(Cc1cccc(C=CC4CCC5OC5C4)c1)O[C@@H]2[C@H]1OCO[C@H]13)C(=O)N[C@H](CO)CCC(=O)OC(C)(C)C. The van der Waals surface area contributed by atoms with E-state index in [1.807, 2.05) is 24.3 Å². The highest BCUT2D eigenvalue weighted by Crippen LogP contribution is 2.55. The van der Waals surface area contributed by atoms with Gasteiger partial charge >= 0.3 is 11.9 Å². The molecule has 0 spiro atoms. The molecule has 12 atom stereocenters. The first-order valence-corrected chi connectivity index (χ1v) is 18.7. The fourth-order valence-electron chi connectivity index (χ4n) is 8.53. The second kappa shape index (κ2) is 15.0. The lowest BCUT2D eigenvalue weighted by Gasteiger charge is -2.49. The maximum Gasteiger partial charge on any atom is 0.327 e. The third-order valence-electron chi connectivity index (χ3n) is 11.1. The van der Waals surface area contributed by atoms with Crippen molar-refractivity contribution in [3.8, 4) is 0 Å². The molecule has 4 aliphatic heterocycles. The molecule has 4 N–H and O–H groups in total. The van der Waals surface area contributed by atoms with Gasteiger partial charge in [-0.2, -0.15) is 5.06 Å². The fourth-order valence-corrected chi connectivity index (χ4v) is 8.53. The van der Waals surface area contributed by atoms with Crippen molar-refractivity contribution in [2.24, 2.45) is 11.3 Å². The Bertz CT molecular complexity index is 1600. The van der Waals surface area contributed by atoms with Crippen molar-refractivity contribution in [2.45, 2.75) is 139 Å². The smallest absolute Gasteiger partial charge is 0.327 e. The number of ether oxygens (including phenoxy) is 5. The Kier molecular flexibility index (Phi) is 10.7. The fraction of sp³-hybridized carbons (Fsp3) is 0.684. The number of aliphatic hydroxyl groups excluding tert-OH is 2. The van der Waals surface area contributed by atoms with Gasteiger partial charge in [-0.3, -0.25) is 24.0 Å². The molecule has 7 rings (SSSR count). The van der Waals surface area contributed by atoms with E-state index in [1.54, 1.807) is 20.8 Å². The Morgan fingerprint density at radius 1 is 1.11 bits per heavy atom. The highest BCUT2D eigenvalue weighted by atomic mass is 16.8. The van der Waals surface area contributed by atoms with E-state index in [2.05, 4.69) is 22.8 Å². The molecule has 1 aromatic carbocycles. The molecular weight excluding hydrogens is 690 g/mol. The van der Waals surface area contributed by atoms with Gasteiger partial charge < -0.3 is 44.5 Å². The molecule has 1 aromatic rings. The van der Waals surface area contributed by atoms with Crippen LogP contribution in [0.15, 0.2) is 30.3 Å². The summed E-state index contributed by atoms with van der Waals surface area (Å²) in [7, 11) is 0. The Hall–Kier alpha value is -3.44. The van der Waals surface area contributed by atoms with Crippen LogP contribution in [0.5, 0.6) is 0 Å². The average Bonchev–Trinajstić information content (AvgIpc) is 3.53. The first kappa shape index (κ1) is 37.9. The summed E-state index contributed by atoms with van der Waals surface area (Å²) in [6, 6.07) is 4.34. The Morgan fingerprint density at radius 3 is 2.64 bits per heavy atom. The minimum Gasteiger partial charge on any atom is -0.460 e. The Labute approximate surface area is 308 Å². The summed E-state index contributed by atoms with van der Waals surface area (Å²) >= 11 is 0. The lowest BCUT2D eigenvalue weighted by Crippen LogP contribution is -2.71. The molecular formula is C38H51N3O12. The van der Waals surface area contributed by atoms with Gasteiger partial charge in [-0.05, 0) is 70.4 Å².